The summed E-state index contributed by atoms with van der Waals surface area (Å²) in [6.07, 6.45) is 3.36. The first-order valence-electron chi connectivity index (χ1n) is 6.20. The number of nitrogens with zero attached hydrogens (tertiary/aromatic N) is 2. The molecule has 5 nitrogen and oxygen atoms in total. The molecule has 2 N–H and O–H groups in total. The molecule has 2 aromatic heterocycles. The fourth-order valence-corrected chi connectivity index (χ4v) is 2.58. The Balaban J connectivity index is 1.79. The third-order valence-electron chi connectivity index (χ3n) is 2.79. The summed E-state index contributed by atoms with van der Waals surface area (Å²) in [6.45, 7) is 0. The molecule has 1 aromatic carbocycles. The average Bonchev–Trinajstić information content (AvgIpc) is 2.97. The lowest BCUT2D eigenvalue weighted by Gasteiger charge is -2.03. The van der Waals surface area contributed by atoms with Gasteiger partial charge in [0, 0.05) is 12.4 Å². The van der Waals surface area contributed by atoms with Gasteiger partial charge in [0.2, 0.25) is 0 Å². The van der Waals surface area contributed by atoms with E-state index in [0.717, 1.165) is 10.6 Å². The van der Waals surface area contributed by atoms with Crippen LogP contribution in [0.3, 0.4) is 0 Å². The van der Waals surface area contributed by atoms with Crippen molar-refractivity contribution in [3.8, 4) is 16.3 Å². The smallest absolute Gasteiger partial charge is 0.261 e. The van der Waals surface area contributed by atoms with E-state index in [-0.39, 0.29) is 11.3 Å². The summed E-state index contributed by atoms with van der Waals surface area (Å²) >= 11 is 1.33. The molecule has 0 saturated heterocycles. The SMILES string of the molecule is O=C(Nc1ncc(-c2ccccn2)s1)c1ccccc1O. The zero-order chi connectivity index (χ0) is 14.7. The molecular weight excluding hydrogens is 286 g/mol. The Kier molecular flexibility index (Phi) is 3.61. The van der Waals surface area contributed by atoms with Gasteiger partial charge in [0.15, 0.2) is 5.13 Å². The first kappa shape index (κ1) is 13.3. The van der Waals surface area contributed by atoms with E-state index in [1.807, 2.05) is 18.2 Å². The predicted octanol–water partition coefficient (Wildman–Crippen LogP) is 3.16. The van der Waals surface area contributed by atoms with E-state index in [1.54, 1.807) is 30.6 Å². The third kappa shape index (κ3) is 2.90. The number of nitrogens with one attached hydrogen (secondary N) is 1. The molecule has 6 heteroatoms. The lowest BCUT2D eigenvalue weighted by Crippen LogP contribution is -2.11. The number of phenolic OH excluding ortho intramolecular Hbond substituents is 1. The third-order valence-corrected chi connectivity index (χ3v) is 3.73. The van der Waals surface area contributed by atoms with E-state index in [4.69, 9.17) is 0 Å². The quantitative estimate of drug-likeness (QED) is 0.778. The van der Waals surface area contributed by atoms with Gasteiger partial charge >= 0.3 is 0 Å². The number of phenols is 1. The number of aromatic nitrogens is 2. The monoisotopic (exact) mass is 297 g/mol. The van der Waals surface area contributed by atoms with E-state index >= 15 is 0 Å². The number of carbonyl (C=O) groups excluding carboxylic acids is 1. The van der Waals surface area contributed by atoms with Crippen molar-refractivity contribution in [2.45, 2.75) is 0 Å². The Morgan fingerprint density at radius 2 is 1.90 bits per heavy atom. The van der Waals surface area contributed by atoms with Crippen LogP contribution in [0.25, 0.3) is 10.6 Å². The molecule has 2 heterocycles. The second-order valence-corrected chi connectivity index (χ2v) is 5.25. The van der Waals surface area contributed by atoms with Gasteiger partial charge in [-0.05, 0) is 24.3 Å². The Morgan fingerprint density at radius 3 is 2.67 bits per heavy atom. The average molecular weight is 297 g/mol. The molecule has 0 atom stereocenters. The van der Waals surface area contributed by atoms with Crippen molar-refractivity contribution in [1.82, 2.24) is 9.97 Å². The van der Waals surface area contributed by atoms with Crippen LogP contribution in [-0.2, 0) is 0 Å². The summed E-state index contributed by atoms with van der Waals surface area (Å²) in [6, 6.07) is 12.0. The molecule has 0 aliphatic carbocycles. The summed E-state index contributed by atoms with van der Waals surface area (Å²) in [4.78, 5) is 21.3. The van der Waals surface area contributed by atoms with E-state index in [1.165, 1.54) is 17.4 Å². The molecule has 0 radical (unpaired) electrons. The topological polar surface area (TPSA) is 75.1 Å². The van der Waals surface area contributed by atoms with Gasteiger partial charge < -0.3 is 5.11 Å². The maximum Gasteiger partial charge on any atom is 0.261 e. The van der Waals surface area contributed by atoms with Crippen molar-refractivity contribution >= 4 is 22.4 Å². The number of hydrogen-bond acceptors (Lipinski definition) is 5. The molecular formula is C15H11N3O2S. The molecule has 104 valence electrons. The summed E-state index contributed by atoms with van der Waals surface area (Å²) in [7, 11) is 0. The maximum absolute atomic E-state index is 12.1. The Bertz CT molecular complexity index is 771. The van der Waals surface area contributed by atoms with Gasteiger partial charge in [-0.3, -0.25) is 15.1 Å². The van der Waals surface area contributed by atoms with Crippen molar-refractivity contribution in [2.75, 3.05) is 5.32 Å². The summed E-state index contributed by atoms with van der Waals surface area (Å²) < 4.78 is 0. The van der Waals surface area contributed by atoms with Crippen molar-refractivity contribution in [1.29, 1.82) is 0 Å². The molecule has 0 saturated carbocycles. The fourth-order valence-electron chi connectivity index (χ4n) is 1.79. The largest absolute Gasteiger partial charge is 0.507 e. The van der Waals surface area contributed by atoms with Crippen LogP contribution in [0.1, 0.15) is 10.4 Å². The lowest BCUT2D eigenvalue weighted by atomic mass is 10.2. The van der Waals surface area contributed by atoms with Crippen LogP contribution in [-0.4, -0.2) is 21.0 Å². The second-order valence-electron chi connectivity index (χ2n) is 4.22. The van der Waals surface area contributed by atoms with Gasteiger partial charge in [-0.1, -0.05) is 29.5 Å². The standard InChI is InChI=1S/C15H11N3O2S/c19-12-7-2-1-5-10(12)14(20)18-15-17-9-13(21-15)11-6-3-4-8-16-11/h1-9,19H,(H,17,18,20). The van der Waals surface area contributed by atoms with Crippen LogP contribution in [0.5, 0.6) is 5.75 Å². The van der Waals surface area contributed by atoms with Crippen LogP contribution in [0.4, 0.5) is 5.13 Å². The van der Waals surface area contributed by atoms with Gasteiger partial charge in [-0.2, -0.15) is 0 Å². The maximum atomic E-state index is 12.1. The Hall–Kier alpha value is -2.73. The Labute approximate surface area is 124 Å². The number of para-hydroxylation sites is 1. The van der Waals surface area contributed by atoms with E-state index in [0.29, 0.717) is 5.13 Å². The highest BCUT2D eigenvalue weighted by Crippen LogP contribution is 2.28. The fraction of sp³-hybridized carbons (Fsp3) is 0. The lowest BCUT2D eigenvalue weighted by molar-refractivity contribution is 0.102. The predicted molar refractivity (Wildman–Crippen MR) is 81.4 cm³/mol. The molecule has 3 rings (SSSR count). The van der Waals surface area contributed by atoms with Crippen LogP contribution < -0.4 is 5.32 Å². The van der Waals surface area contributed by atoms with Crippen molar-refractivity contribution in [3.63, 3.8) is 0 Å². The van der Waals surface area contributed by atoms with Crippen molar-refractivity contribution in [2.24, 2.45) is 0 Å². The van der Waals surface area contributed by atoms with Gasteiger partial charge in [-0.15, -0.1) is 0 Å². The van der Waals surface area contributed by atoms with E-state index in [9.17, 15) is 9.90 Å². The van der Waals surface area contributed by atoms with Crippen LogP contribution >= 0.6 is 11.3 Å². The number of carbonyl (C=O) groups is 1. The Morgan fingerprint density at radius 1 is 1.10 bits per heavy atom. The molecule has 0 aliphatic rings. The number of hydrogen-bond donors (Lipinski definition) is 2. The highest BCUT2D eigenvalue weighted by Gasteiger charge is 2.13. The number of pyridine rings is 1. The molecule has 0 fully saturated rings. The van der Waals surface area contributed by atoms with Crippen molar-refractivity contribution in [3.05, 3.63) is 60.4 Å². The van der Waals surface area contributed by atoms with E-state index < -0.39 is 5.91 Å². The molecule has 3 aromatic rings. The molecule has 0 spiro atoms. The van der Waals surface area contributed by atoms with Crippen molar-refractivity contribution < 1.29 is 9.90 Å². The van der Waals surface area contributed by atoms with Crippen LogP contribution in [0.15, 0.2) is 54.9 Å². The highest BCUT2D eigenvalue weighted by molar-refractivity contribution is 7.19. The number of benzene rings is 1. The number of amides is 1. The molecule has 21 heavy (non-hydrogen) atoms. The molecule has 0 aliphatic heterocycles. The summed E-state index contributed by atoms with van der Waals surface area (Å²) in [5, 5.41) is 12.8. The van der Waals surface area contributed by atoms with Gasteiger partial charge in [0.05, 0.1) is 16.1 Å². The molecule has 1 amide bonds. The summed E-state index contributed by atoms with van der Waals surface area (Å²) in [5.41, 5.74) is 1.02. The zero-order valence-electron chi connectivity index (χ0n) is 10.9. The summed E-state index contributed by atoms with van der Waals surface area (Å²) in [5.74, 6) is -0.452. The minimum atomic E-state index is -0.393. The van der Waals surface area contributed by atoms with E-state index in [2.05, 4.69) is 15.3 Å². The number of rotatable bonds is 3. The van der Waals surface area contributed by atoms with Crippen LogP contribution in [0.2, 0.25) is 0 Å². The molecule has 0 bridgehead atoms. The second kappa shape index (κ2) is 5.72. The first-order valence-corrected chi connectivity index (χ1v) is 7.02. The normalized spacial score (nSPS) is 10.3. The minimum absolute atomic E-state index is 0.0588. The zero-order valence-corrected chi connectivity index (χ0v) is 11.7. The van der Waals surface area contributed by atoms with Crippen LogP contribution in [0, 0.1) is 0 Å². The number of aromatic hydroxyl groups is 1. The van der Waals surface area contributed by atoms with Gasteiger partial charge in [-0.25, -0.2) is 4.98 Å². The van der Waals surface area contributed by atoms with Gasteiger partial charge in [0.25, 0.3) is 5.91 Å². The number of thiazole rings is 1. The highest BCUT2D eigenvalue weighted by atomic mass is 32.1. The first-order chi connectivity index (χ1) is 10.2. The number of anilines is 1. The molecule has 0 unspecified atom stereocenters. The minimum Gasteiger partial charge on any atom is -0.507 e. The van der Waals surface area contributed by atoms with Gasteiger partial charge in [0.1, 0.15) is 5.75 Å².